The van der Waals surface area contributed by atoms with Crippen LogP contribution in [-0.2, 0) is 6.54 Å². The van der Waals surface area contributed by atoms with E-state index in [-0.39, 0.29) is 5.91 Å². The molecule has 4 heteroatoms. The molecule has 2 aromatic rings. The van der Waals surface area contributed by atoms with Gasteiger partial charge < -0.3 is 5.32 Å². The number of aromatic nitrogens is 1. The predicted octanol–water partition coefficient (Wildman–Crippen LogP) is 2.77. The zero-order valence-corrected chi connectivity index (χ0v) is 10.6. The first-order valence-electron chi connectivity index (χ1n) is 5.18. The van der Waals surface area contributed by atoms with Crippen molar-refractivity contribution in [2.45, 2.75) is 6.54 Å². The molecule has 86 valence electrons. The molecule has 0 radical (unpaired) electrons. The molecule has 17 heavy (non-hydrogen) atoms. The summed E-state index contributed by atoms with van der Waals surface area (Å²) in [5.74, 6) is -0.110. The van der Waals surface area contributed by atoms with Crippen LogP contribution < -0.4 is 5.32 Å². The standard InChI is InChI=1S/C13H11BrN2O/c14-12-5-3-10(4-6-12)8-16-13(17)11-2-1-7-15-9-11/h1-7,9H,8H2,(H,16,17). The monoisotopic (exact) mass is 290 g/mol. The average molecular weight is 291 g/mol. The third kappa shape index (κ3) is 3.39. The topological polar surface area (TPSA) is 42.0 Å². The number of rotatable bonds is 3. The van der Waals surface area contributed by atoms with Crippen LogP contribution in [-0.4, -0.2) is 10.9 Å². The summed E-state index contributed by atoms with van der Waals surface area (Å²) in [5.41, 5.74) is 1.63. The van der Waals surface area contributed by atoms with Crippen LogP contribution in [0.25, 0.3) is 0 Å². The van der Waals surface area contributed by atoms with E-state index in [4.69, 9.17) is 0 Å². The van der Waals surface area contributed by atoms with E-state index in [0.29, 0.717) is 12.1 Å². The number of hydrogen-bond donors (Lipinski definition) is 1. The maximum Gasteiger partial charge on any atom is 0.253 e. The summed E-state index contributed by atoms with van der Waals surface area (Å²) in [4.78, 5) is 15.6. The molecule has 0 fully saturated rings. The molecule has 0 aliphatic carbocycles. The quantitative estimate of drug-likeness (QED) is 0.944. The number of pyridine rings is 1. The van der Waals surface area contributed by atoms with Gasteiger partial charge in [0, 0.05) is 23.4 Å². The molecule has 1 N–H and O–H groups in total. The molecule has 1 aromatic carbocycles. The summed E-state index contributed by atoms with van der Waals surface area (Å²) >= 11 is 3.37. The second kappa shape index (κ2) is 5.59. The maximum absolute atomic E-state index is 11.7. The van der Waals surface area contributed by atoms with Crippen molar-refractivity contribution < 1.29 is 4.79 Å². The fourth-order valence-electron chi connectivity index (χ4n) is 1.38. The summed E-state index contributed by atoms with van der Waals surface area (Å²) in [7, 11) is 0. The highest BCUT2D eigenvalue weighted by Gasteiger charge is 2.04. The summed E-state index contributed by atoms with van der Waals surface area (Å²) in [6.45, 7) is 0.515. The van der Waals surface area contributed by atoms with Crippen LogP contribution in [0.2, 0.25) is 0 Å². The summed E-state index contributed by atoms with van der Waals surface area (Å²) in [6.07, 6.45) is 3.20. The molecule has 3 nitrogen and oxygen atoms in total. The summed E-state index contributed by atoms with van der Waals surface area (Å²) in [6, 6.07) is 11.3. The van der Waals surface area contributed by atoms with Crippen LogP contribution in [0.4, 0.5) is 0 Å². The molecule has 1 amide bonds. The molecule has 0 atom stereocenters. The Balaban J connectivity index is 1.95. The van der Waals surface area contributed by atoms with Gasteiger partial charge in [0.25, 0.3) is 5.91 Å². The van der Waals surface area contributed by atoms with Crippen molar-refractivity contribution in [2.24, 2.45) is 0 Å². The fourth-order valence-corrected chi connectivity index (χ4v) is 1.65. The van der Waals surface area contributed by atoms with Crippen molar-refractivity contribution >= 4 is 21.8 Å². The highest BCUT2D eigenvalue weighted by molar-refractivity contribution is 9.10. The van der Waals surface area contributed by atoms with Gasteiger partial charge in [0.15, 0.2) is 0 Å². The molecule has 1 heterocycles. The normalized spacial score (nSPS) is 9.94. The first-order valence-corrected chi connectivity index (χ1v) is 5.97. The third-order valence-corrected chi connectivity index (χ3v) is 2.82. The molecular weight excluding hydrogens is 280 g/mol. The lowest BCUT2D eigenvalue weighted by Gasteiger charge is -2.05. The van der Waals surface area contributed by atoms with E-state index in [1.807, 2.05) is 24.3 Å². The zero-order chi connectivity index (χ0) is 12.1. The fraction of sp³-hybridized carbons (Fsp3) is 0.0769. The summed E-state index contributed by atoms with van der Waals surface area (Å²) < 4.78 is 1.03. The van der Waals surface area contributed by atoms with Crippen LogP contribution in [0, 0.1) is 0 Å². The molecule has 0 unspecified atom stereocenters. The van der Waals surface area contributed by atoms with Gasteiger partial charge in [-0.3, -0.25) is 9.78 Å². The lowest BCUT2D eigenvalue weighted by Crippen LogP contribution is -2.22. The number of carbonyl (C=O) groups is 1. The number of hydrogen-bond acceptors (Lipinski definition) is 2. The number of nitrogens with one attached hydrogen (secondary N) is 1. The zero-order valence-electron chi connectivity index (χ0n) is 9.06. The number of nitrogens with zero attached hydrogens (tertiary/aromatic N) is 1. The van der Waals surface area contributed by atoms with Crippen molar-refractivity contribution in [2.75, 3.05) is 0 Å². The SMILES string of the molecule is O=C(NCc1ccc(Br)cc1)c1cccnc1. The smallest absolute Gasteiger partial charge is 0.253 e. The van der Waals surface area contributed by atoms with Gasteiger partial charge in [-0.2, -0.15) is 0 Å². The molecule has 2 rings (SSSR count). The maximum atomic E-state index is 11.7. The van der Waals surface area contributed by atoms with E-state index in [2.05, 4.69) is 26.2 Å². The van der Waals surface area contributed by atoms with Crippen LogP contribution in [0.15, 0.2) is 53.3 Å². The van der Waals surface area contributed by atoms with Gasteiger partial charge in [0.05, 0.1) is 5.56 Å². The minimum absolute atomic E-state index is 0.110. The molecule has 1 aromatic heterocycles. The molecule has 0 saturated carbocycles. The van der Waals surface area contributed by atoms with E-state index in [1.165, 1.54) is 0 Å². The van der Waals surface area contributed by atoms with Crippen molar-refractivity contribution in [3.63, 3.8) is 0 Å². The molecule has 0 saturated heterocycles. The Kier molecular flexibility index (Phi) is 3.88. The largest absolute Gasteiger partial charge is 0.348 e. The average Bonchev–Trinajstić information content (AvgIpc) is 2.39. The Labute approximate surface area is 108 Å². The molecule has 0 aliphatic heterocycles. The minimum atomic E-state index is -0.110. The van der Waals surface area contributed by atoms with Gasteiger partial charge in [0.1, 0.15) is 0 Å². The number of benzene rings is 1. The van der Waals surface area contributed by atoms with Gasteiger partial charge in [-0.1, -0.05) is 28.1 Å². The Bertz CT molecular complexity index is 497. The second-order valence-electron chi connectivity index (χ2n) is 3.55. The van der Waals surface area contributed by atoms with Crippen molar-refractivity contribution in [3.8, 4) is 0 Å². The van der Waals surface area contributed by atoms with Crippen molar-refractivity contribution in [1.82, 2.24) is 10.3 Å². The number of halogens is 1. The Morgan fingerprint density at radius 2 is 2.00 bits per heavy atom. The summed E-state index contributed by atoms with van der Waals surface area (Å²) in [5, 5.41) is 2.84. The minimum Gasteiger partial charge on any atom is -0.348 e. The van der Waals surface area contributed by atoms with E-state index < -0.39 is 0 Å². The van der Waals surface area contributed by atoms with Crippen molar-refractivity contribution in [1.29, 1.82) is 0 Å². The van der Waals surface area contributed by atoms with Gasteiger partial charge in [-0.15, -0.1) is 0 Å². The van der Waals surface area contributed by atoms with Gasteiger partial charge >= 0.3 is 0 Å². The van der Waals surface area contributed by atoms with Crippen molar-refractivity contribution in [3.05, 3.63) is 64.4 Å². The van der Waals surface area contributed by atoms with Crippen LogP contribution in [0.1, 0.15) is 15.9 Å². The molecule has 0 spiro atoms. The molecular formula is C13H11BrN2O. The van der Waals surface area contributed by atoms with Crippen LogP contribution >= 0.6 is 15.9 Å². The first kappa shape index (κ1) is 11.8. The van der Waals surface area contributed by atoms with Crippen LogP contribution in [0.3, 0.4) is 0 Å². The van der Waals surface area contributed by atoms with Gasteiger partial charge in [-0.05, 0) is 29.8 Å². The Morgan fingerprint density at radius 3 is 2.65 bits per heavy atom. The highest BCUT2D eigenvalue weighted by atomic mass is 79.9. The van der Waals surface area contributed by atoms with Gasteiger partial charge in [0.2, 0.25) is 0 Å². The predicted molar refractivity (Wildman–Crippen MR) is 69.5 cm³/mol. The highest BCUT2D eigenvalue weighted by Crippen LogP contribution is 2.10. The molecule has 0 aliphatic rings. The Hall–Kier alpha value is -1.68. The van der Waals surface area contributed by atoms with Gasteiger partial charge in [-0.25, -0.2) is 0 Å². The van der Waals surface area contributed by atoms with E-state index >= 15 is 0 Å². The second-order valence-corrected chi connectivity index (χ2v) is 4.47. The number of carbonyl (C=O) groups excluding carboxylic acids is 1. The lowest BCUT2D eigenvalue weighted by atomic mass is 10.2. The third-order valence-electron chi connectivity index (χ3n) is 2.29. The van der Waals surface area contributed by atoms with Crippen LogP contribution in [0.5, 0.6) is 0 Å². The lowest BCUT2D eigenvalue weighted by molar-refractivity contribution is 0.0950. The molecule has 0 bridgehead atoms. The van der Waals surface area contributed by atoms with E-state index in [0.717, 1.165) is 10.0 Å². The first-order chi connectivity index (χ1) is 8.25. The van der Waals surface area contributed by atoms with E-state index in [1.54, 1.807) is 24.5 Å². The number of amides is 1. The Morgan fingerprint density at radius 1 is 1.24 bits per heavy atom. The van der Waals surface area contributed by atoms with E-state index in [9.17, 15) is 4.79 Å².